The number of anilines is 1. The van der Waals surface area contributed by atoms with Crippen LogP contribution in [-0.2, 0) is 4.74 Å². The second-order valence-corrected chi connectivity index (χ2v) is 7.73. The molecule has 0 radical (unpaired) electrons. The van der Waals surface area contributed by atoms with Crippen molar-refractivity contribution in [3.63, 3.8) is 0 Å². The number of ether oxygens (including phenoxy) is 2. The van der Waals surface area contributed by atoms with Crippen molar-refractivity contribution in [2.45, 2.75) is 50.2 Å². The van der Waals surface area contributed by atoms with E-state index in [1.165, 1.54) is 38.8 Å². The fraction of sp³-hybridized carbons (Fsp3) is 0.722. The van der Waals surface area contributed by atoms with E-state index in [9.17, 15) is 0 Å². The summed E-state index contributed by atoms with van der Waals surface area (Å²) in [5.41, 5.74) is -0.135. The van der Waals surface area contributed by atoms with Crippen molar-refractivity contribution in [3.8, 4) is 5.75 Å². The summed E-state index contributed by atoms with van der Waals surface area (Å²) in [7, 11) is 0. The highest BCUT2D eigenvalue weighted by atomic mass is 16.5. The number of rotatable bonds is 3. The lowest BCUT2D eigenvalue weighted by atomic mass is 9.75. The molecule has 25 heavy (non-hydrogen) atoms. The van der Waals surface area contributed by atoms with Gasteiger partial charge in [-0.2, -0.15) is 0 Å². The van der Waals surface area contributed by atoms with E-state index in [1.54, 1.807) is 12.4 Å². The summed E-state index contributed by atoms with van der Waals surface area (Å²) >= 11 is 0. The number of piperidine rings is 3. The lowest BCUT2D eigenvalue weighted by Crippen LogP contribution is -2.61. The number of aliphatic imine (C=N–C) groups is 1. The van der Waals surface area contributed by atoms with Crippen molar-refractivity contribution in [1.29, 1.82) is 0 Å². The topological polar surface area (TPSA) is 71.9 Å². The summed E-state index contributed by atoms with van der Waals surface area (Å²) in [4.78, 5) is 15.8. The molecule has 134 valence electrons. The highest BCUT2D eigenvalue weighted by molar-refractivity contribution is 5.88. The molecular formula is C18H25N5O2. The van der Waals surface area contributed by atoms with Gasteiger partial charge in [0.05, 0.1) is 25.0 Å². The predicted octanol–water partition coefficient (Wildman–Crippen LogP) is 2.06. The Morgan fingerprint density at radius 2 is 1.88 bits per heavy atom. The van der Waals surface area contributed by atoms with Crippen LogP contribution >= 0.6 is 0 Å². The minimum Gasteiger partial charge on any atom is -0.487 e. The maximum absolute atomic E-state index is 6.25. The van der Waals surface area contributed by atoms with Crippen molar-refractivity contribution < 1.29 is 9.47 Å². The fourth-order valence-corrected chi connectivity index (χ4v) is 4.68. The van der Waals surface area contributed by atoms with Crippen molar-refractivity contribution in [1.82, 2.24) is 14.9 Å². The highest BCUT2D eigenvalue weighted by Crippen LogP contribution is 2.40. The first-order valence-electron chi connectivity index (χ1n) is 9.51. The molecule has 5 heterocycles. The Morgan fingerprint density at radius 1 is 1.12 bits per heavy atom. The number of hydrogen-bond donors (Lipinski definition) is 1. The van der Waals surface area contributed by atoms with Gasteiger partial charge in [0, 0.05) is 12.5 Å². The number of aromatic nitrogens is 2. The van der Waals surface area contributed by atoms with Gasteiger partial charge in [0.25, 0.3) is 6.02 Å². The molecule has 1 atom stereocenters. The van der Waals surface area contributed by atoms with Crippen LogP contribution in [0.25, 0.3) is 0 Å². The van der Waals surface area contributed by atoms with Crippen LogP contribution in [-0.4, -0.2) is 58.8 Å². The fourth-order valence-electron chi connectivity index (χ4n) is 4.68. The van der Waals surface area contributed by atoms with Crippen LogP contribution in [0.15, 0.2) is 17.4 Å². The van der Waals surface area contributed by atoms with Crippen LogP contribution in [0.1, 0.15) is 38.5 Å². The number of amidine groups is 1. The Hall–Kier alpha value is -1.89. The van der Waals surface area contributed by atoms with Crippen LogP contribution in [0.4, 0.5) is 5.95 Å². The first-order chi connectivity index (χ1) is 12.3. The molecule has 1 saturated carbocycles. The van der Waals surface area contributed by atoms with Gasteiger partial charge in [0.1, 0.15) is 5.60 Å². The van der Waals surface area contributed by atoms with E-state index < -0.39 is 0 Å². The molecule has 3 saturated heterocycles. The normalized spacial score (nSPS) is 34.2. The average molecular weight is 343 g/mol. The molecule has 0 unspecified atom stereocenters. The van der Waals surface area contributed by atoms with Gasteiger partial charge in [-0.15, -0.1) is 0 Å². The quantitative estimate of drug-likeness (QED) is 0.906. The maximum atomic E-state index is 6.25. The molecule has 7 nitrogen and oxygen atoms in total. The number of hydrogen-bond acceptors (Lipinski definition) is 7. The minimum atomic E-state index is -0.135. The van der Waals surface area contributed by atoms with Gasteiger partial charge in [0.15, 0.2) is 5.75 Å². The van der Waals surface area contributed by atoms with Gasteiger partial charge < -0.3 is 9.47 Å². The Morgan fingerprint density at radius 3 is 2.56 bits per heavy atom. The second kappa shape index (κ2) is 6.12. The van der Waals surface area contributed by atoms with Crippen molar-refractivity contribution in [2.75, 3.05) is 31.5 Å². The lowest BCUT2D eigenvalue weighted by Gasteiger charge is -2.50. The second-order valence-electron chi connectivity index (χ2n) is 7.73. The molecule has 7 heteroatoms. The summed E-state index contributed by atoms with van der Waals surface area (Å²) in [5.74, 6) is 1.86. The summed E-state index contributed by atoms with van der Waals surface area (Å²) < 4.78 is 12.2. The van der Waals surface area contributed by atoms with Gasteiger partial charge in [0.2, 0.25) is 5.95 Å². The molecule has 4 aliphatic heterocycles. The molecule has 1 spiro atoms. The Labute approximate surface area is 147 Å². The molecular weight excluding hydrogens is 318 g/mol. The highest BCUT2D eigenvalue weighted by Gasteiger charge is 2.51. The lowest BCUT2D eigenvalue weighted by molar-refractivity contribution is -0.0829. The minimum absolute atomic E-state index is 0.135. The van der Waals surface area contributed by atoms with Crippen LogP contribution < -0.4 is 10.1 Å². The largest absolute Gasteiger partial charge is 0.487 e. The van der Waals surface area contributed by atoms with Crippen molar-refractivity contribution >= 4 is 12.0 Å². The monoisotopic (exact) mass is 343 g/mol. The van der Waals surface area contributed by atoms with Gasteiger partial charge in [-0.3, -0.25) is 10.2 Å². The molecule has 1 aromatic rings. The van der Waals surface area contributed by atoms with Gasteiger partial charge in [-0.25, -0.2) is 15.0 Å². The molecule has 2 bridgehead atoms. The van der Waals surface area contributed by atoms with E-state index in [4.69, 9.17) is 9.47 Å². The zero-order valence-corrected chi connectivity index (χ0v) is 14.5. The number of nitrogens with zero attached hydrogens (tertiary/aromatic N) is 4. The van der Waals surface area contributed by atoms with E-state index in [-0.39, 0.29) is 5.60 Å². The van der Waals surface area contributed by atoms with Crippen molar-refractivity contribution in [3.05, 3.63) is 12.4 Å². The molecule has 5 aliphatic rings. The first-order valence-corrected chi connectivity index (χ1v) is 9.51. The molecule has 4 fully saturated rings. The molecule has 1 aliphatic carbocycles. The molecule has 6 rings (SSSR count). The zero-order chi connectivity index (χ0) is 16.7. The third-order valence-corrected chi connectivity index (χ3v) is 6.06. The molecule has 0 aromatic carbocycles. The molecule has 0 amide bonds. The summed E-state index contributed by atoms with van der Waals surface area (Å²) in [6.45, 7) is 4.12. The first kappa shape index (κ1) is 15.4. The standard InChI is InChI=1S/C18H25N5O2/c1-2-4-14(3-1)24-15-9-19-16(20-10-15)22-17-21-11-18(25-17)12-23-7-5-13(18)6-8-23/h9-10,13-14H,1-8,11-12H2,(H,19,20,21,22)/t18-/m0/s1. The summed E-state index contributed by atoms with van der Waals surface area (Å²) in [6, 6.07) is 0.554. The summed E-state index contributed by atoms with van der Waals surface area (Å²) in [5, 5.41) is 3.12. The molecule has 1 N–H and O–H groups in total. The zero-order valence-electron chi connectivity index (χ0n) is 14.5. The maximum Gasteiger partial charge on any atom is 0.292 e. The number of fused-ring (bicyclic) bond motifs is 2. The third-order valence-electron chi connectivity index (χ3n) is 6.06. The van der Waals surface area contributed by atoms with Crippen LogP contribution in [0.5, 0.6) is 5.75 Å². The SMILES string of the molecule is c1nc(NC2=NC[C@@]3(CN4CCC3CC4)O2)ncc1OC1CCCC1. The van der Waals surface area contributed by atoms with E-state index in [2.05, 4.69) is 25.2 Å². The molecule has 1 aromatic heterocycles. The van der Waals surface area contributed by atoms with E-state index in [0.29, 0.717) is 24.0 Å². The van der Waals surface area contributed by atoms with E-state index in [0.717, 1.165) is 31.7 Å². The number of nitrogens with one attached hydrogen (secondary N) is 1. The van der Waals surface area contributed by atoms with Crippen LogP contribution in [0.3, 0.4) is 0 Å². The van der Waals surface area contributed by atoms with Crippen molar-refractivity contribution in [2.24, 2.45) is 10.9 Å². The Bertz CT molecular complexity index is 650. The Balaban J connectivity index is 1.20. The van der Waals surface area contributed by atoms with Gasteiger partial charge >= 0.3 is 0 Å². The Kier molecular flexibility index (Phi) is 3.77. The van der Waals surface area contributed by atoms with Gasteiger partial charge in [-0.1, -0.05) is 0 Å². The average Bonchev–Trinajstić information content (AvgIpc) is 3.28. The van der Waals surface area contributed by atoms with Crippen LogP contribution in [0.2, 0.25) is 0 Å². The predicted molar refractivity (Wildman–Crippen MR) is 93.8 cm³/mol. The van der Waals surface area contributed by atoms with Crippen LogP contribution in [0, 0.1) is 5.92 Å². The van der Waals surface area contributed by atoms with E-state index >= 15 is 0 Å². The van der Waals surface area contributed by atoms with Gasteiger partial charge in [-0.05, 0) is 51.6 Å². The third kappa shape index (κ3) is 2.94. The smallest absolute Gasteiger partial charge is 0.292 e. The van der Waals surface area contributed by atoms with E-state index in [1.807, 2.05) is 0 Å². The summed E-state index contributed by atoms with van der Waals surface area (Å²) in [6.07, 6.45) is 11.0.